The number of rotatable bonds is 6. The van der Waals surface area contributed by atoms with E-state index in [4.69, 9.17) is 0 Å². The normalized spacial score (nSPS) is 12.5. The maximum Gasteiger partial charge on any atom is 0.221 e. The van der Waals surface area contributed by atoms with Crippen molar-refractivity contribution in [3.8, 4) is 0 Å². The molecule has 0 atom stereocenters. The zero-order valence-corrected chi connectivity index (χ0v) is 11.8. The van der Waals surface area contributed by atoms with E-state index in [1.807, 2.05) is 20.8 Å². The van der Waals surface area contributed by atoms with Gasteiger partial charge in [-0.05, 0) is 20.8 Å². The summed E-state index contributed by atoms with van der Waals surface area (Å²) in [6.07, 6.45) is 2.78. The smallest absolute Gasteiger partial charge is 0.221 e. The summed E-state index contributed by atoms with van der Waals surface area (Å²) < 4.78 is 24.0. The Morgan fingerprint density at radius 3 is 2.29 bits per heavy atom. The maximum absolute atomic E-state index is 11.5. The topological polar surface area (TPSA) is 66.5 Å². The highest BCUT2D eigenvalue weighted by Gasteiger charge is 2.18. The van der Waals surface area contributed by atoms with E-state index in [-0.39, 0.29) is 31.0 Å². The molecule has 17 heavy (non-hydrogen) atoms. The summed E-state index contributed by atoms with van der Waals surface area (Å²) in [5.74, 6) is -0.157. The van der Waals surface area contributed by atoms with Crippen LogP contribution in [0.1, 0.15) is 27.2 Å². The summed E-state index contributed by atoms with van der Waals surface area (Å²) in [6, 6.07) is 0. The fourth-order valence-corrected chi connectivity index (χ4v) is 2.04. The second kappa shape index (κ2) is 6.16. The minimum atomic E-state index is -3.28. The van der Waals surface area contributed by atoms with Gasteiger partial charge in [-0.1, -0.05) is 6.08 Å². The molecule has 0 aliphatic heterocycles. The Bertz CT molecular complexity index is 369. The first-order chi connectivity index (χ1) is 7.56. The van der Waals surface area contributed by atoms with Gasteiger partial charge in [-0.25, -0.2) is 8.42 Å². The molecule has 1 amide bonds. The molecule has 5 nitrogen and oxygen atoms in total. The third-order valence-electron chi connectivity index (χ3n) is 1.90. The highest BCUT2D eigenvalue weighted by atomic mass is 32.2. The number of nitrogens with one attached hydrogen (secondary N) is 1. The molecule has 6 heteroatoms. The van der Waals surface area contributed by atoms with Crippen molar-refractivity contribution >= 4 is 15.9 Å². The van der Waals surface area contributed by atoms with Crippen molar-refractivity contribution in [2.24, 2.45) is 0 Å². The summed E-state index contributed by atoms with van der Waals surface area (Å²) in [7, 11) is -3.28. The Morgan fingerprint density at radius 2 is 1.94 bits per heavy atom. The van der Waals surface area contributed by atoms with Crippen LogP contribution in [-0.4, -0.2) is 43.5 Å². The SMILES string of the molecule is C=CCN(CCC(=O)NC(C)(C)C)S(C)(=O)=O. The monoisotopic (exact) mass is 262 g/mol. The van der Waals surface area contributed by atoms with E-state index in [0.29, 0.717) is 0 Å². The van der Waals surface area contributed by atoms with Gasteiger partial charge in [0.25, 0.3) is 0 Å². The summed E-state index contributed by atoms with van der Waals surface area (Å²) in [5, 5.41) is 2.78. The van der Waals surface area contributed by atoms with Crippen LogP contribution in [0.5, 0.6) is 0 Å². The summed E-state index contributed by atoms with van der Waals surface area (Å²) in [5.41, 5.74) is -0.300. The molecule has 0 unspecified atom stereocenters. The van der Waals surface area contributed by atoms with E-state index < -0.39 is 10.0 Å². The molecule has 0 radical (unpaired) electrons. The van der Waals surface area contributed by atoms with Crippen molar-refractivity contribution in [3.63, 3.8) is 0 Å². The number of sulfonamides is 1. The third-order valence-corrected chi connectivity index (χ3v) is 3.17. The molecule has 0 fully saturated rings. The largest absolute Gasteiger partial charge is 0.351 e. The Balaban J connectivity index is 4.33. The predicted molar refractivity (Wildman–Crippen MR) is 69.1 cm³/mol. The minimum Gasteiger partial charge on any atom is -0.351 e. The van der Waals surface area contributed by atoms with Crippen LogP contribution in [0.25, 0.3) is 0 Å². The molecule has 0 rings (SSSR count). The number of hydrogen-bond donors (Lipinski definition) is 1. The molecule has 0 heterocycles. The molecule has 100 valence electrons. The summed E-state index contributed by atoms with van der Waals surface area (Å²) in [6.45, 7) is 9.52. The first-order valence-electron chi connectivity index (χ1n) is 5.43. The molecule has 0 aromatic heterocycles. The van der Waals surface area contributed by atoms with E-state index in [0.717, 1.165) is 6.26 Å². The van der Waals surface area contributed by atoms with Crippen molar-refractivity contribution in [1.29, 1.82) is 0 Å². The quantitative estimate of drug-likeness (QED) is 0.718. The lowest BCUT2D eigenvalue weighted by Crippen LogP contribution is -2.42. The van der Waals surface area contributed by atoms with Gasteiger partial charge in [-0.15, -0.1) is 6.58 Å². The van der Waals surface area contributed by atoms with Crippen molar-refractivity contribution in [1.82, 2.24) is 9.62 Å². The molecular weight excluding hydrogens is 240 g/mol. The zero-order valence-electron chi connectivity index (χ0n) is 11.0. The van der Waals surface area contributed by atoms with Gasteiger partial charge in [-0.3, -0.25) is 4.79 Å². The molecule has 1 N–H and O–H groups in total. The van der Waals surface area contributed by atoms with E-state index in [1.165, 1.54) is 10.4 Å². The van der Waals surface area contributed by atoms with Gasteiger partial charge >= 0.3 is 0 Å². The highest BCUT2D eigenvalue weighted by Crippen LogP contribution is 2.02. The Morgan fingerprint density at radius 1 is 1.41 bits per heavy atom. The second-order valence-electron chi connectivity index (χ2n) is 4.96. The first kappa shape index (κ1) is 16.1. The molecule has 0 saturated carbocycles. The number of carbonyl (C=O) groups is 1. The fraction of sp³-hybridized carbons (Fsp3) is 0.727. The van der Waals surface area contributed by atoms with Crippen LogP contribution in [0.15, 0.2) is 12.7 Å². The number of carbonyl (C=O) groups excluding carboxylic acids is 1. The van der Waals surface area contributed by atoms with Crippen LogP contribution in [-0.2, 0) is 14.8 Å². The van der Waals surface area contributed by atoms with Crippen molar-refractivity contribution in [3.05, 3.63) is 12.7 Å². The number of amides is 1. The lowest BCUT2D eigenvalue weighted by atomic mass is 10.1. The van der Waals surface area contributed by atoms with Gasteiger partial charge in [0.2, 0.25) is 15.9 Å². The molecule has 0 bridgehead atoms. The van der Waals surface area contributed by atoms with Crippen LogP contribution in [0.4, 0.5) is 0 Å². The first-order valence-corrected chi connectivity index (χ1v) is 7.28. The lowest BCUT2D eigenvalue weighted by molar-refractivity contribution is -0.122. The number of nitrogens with zero attached hydrogens (tertiary/aromatic N) is 1. The Hall–Kier alpha value is -0.880. The van der Waals surface area contributed by atoms with Crippen LogP contribution < -0.4 is 5.32 Å². The predicted octanol–water partition coefficient (Wildman–Crippen LogP) is 0.739. The van der Waals surface area contributed by atoms with Crippen LogP contribution in [0, 0.1) is 0 Å². The van der Waals surface area contributed by atoms with E-state index in [2.05, 4.69) is 11.9 Å². The van der Waals surface area contributed by atoms with E-state index in [9.17, 15) is 13.2 Å². The maximum atomic E-state index is 11.5. The van der Waals surface area contributed by atoms with Gasteiger partial charge in [0.05, 0.1) is 6.26 Å². The van der Waals surface area contributed by atoms with Crippen LogP contribution in [0.3, 0.4) is 0 Å². The molecule has 0 spiro atoms. The van der Waals surface area contributed by atoms with Gasteiger partial charge in [0.1, 0.15) is 0 Å². The zero-order chi connectivity index (χ0) is 13.7. The Labute approximate surface area is 104 Å². The van der Waals surface area contributed by atoms with Gasteiger partial charge in [0.15, 0.2) is 0 Å². The second-order valence-corrected chi connectivity index (χ2v) is 6.94. The van der Waals surface area contributed by atoms with Gasteiger partial charge < -0.3 is 5.32 Å². The molecule has 0 aromatic rings. The summed E-state index contributed by atoms with van der Waals surface area (Å²) >= 11 is 0. The van der Waals surface area contributed by atoms with Crippen molar-refractivity contribution < 1.29 is 13.2 Å². The van der Waals surface area contributed by atoms with E-state index >= 15 is 0 Å². The lowest BCUT2D eigenvalue weighted by Gasteiger charge is -2.22. The molecule has 0 aromatic carbocycles. The number of hydrogen-bond acceptors (Lipinski definition) is 3. The Kier molecular flexibility index (Phi) is 5.84. The van der Waals surface area contributed by atoms with Gasteiger partial charge in [-0.2, -0.15) is 4.31 Å². The molecular formula is C11H22N2O3S. The van der Waals surface area contributed by atoms with Gasteiger partial charge in [0, 0.05) is 25.0 Å². The summed E-state index contributed by atoms with van der Waals surface area (Å²) in [4.78, 5) is 11.5. The minimum absolute atomic E-state index is 0.151. The van der Waals surface area contributed by atoms with Crippen LogP contribution in [0.2, 0.25) is 0 Å². The molecule has 0 saturated heterocycles. The van der Waals surface area contributed by atoms with Crippen LogP contribution >= 0.6 is 0 Å². The molecule has 0 aliphatic carbocycles. The third kappa shape index (κ3) is 7.93. The highest BCUT2D eigenvalue weighted by molar-refractivity contribution is 7.88. The average molecular weight is 262 g/mol. The molecule has 0 aliphatic rings. The standard InChI is InChI=1S/C11H22N2O3S/c1-6-8-13(17(5,15)16)9-7-10(14)12-11(2,3)4/h6H,1,7-9H2,2-5H3,(H,12,14). The van der Waals surface area contributed by atoms with E-state index in [1.54, 1.807) is 0 Å². The fourth-order valence-electron chi connectivity index (χ4n) is 1.24. The van der Waals surface area contributed by atoms with Crippen molar-refractivity contribution in [2.75, 3.05) is 19.3 Å². The van der Waals surface area contributed by atoms with Crippen molar-refractivity contribution in [2.45, 2.75) is 32.7 Å². The average Bonchev–Trinajstić information content (AvgIpc) is 2.07.